The van der Waals surface area contributed by atoms with Crippen LogP contribution in [0.3, 0.4) is 0 Å². The largest absolute Gasteiger partial charge is 0.388 e. The van der Waals surface area contributed by atoms with Gasteiger partial charge in [0.15, 0.2) is 11.6 Å². The molecule has 9 heteroatoms. The lowest BCUT2D eigenvalue weighted by atomic mass is 9.83. The van der Waals surface area contributed by atoms with E-state index in [9.17, 15) is 14.3 Å². The van der Waals surface area contributed by atoms with Crippen LogP contribution in [-0.2, 0) is 4.79 Å². The van der Waals surface area contributed by atoms with E-state index < -0.39 is 11.9 Å². The van der Waals surface area contributed by atoms with E-state index in [1.807, 2.05) is 24.3 Å². The Bertz CT molecular complexity index is 960. The molecule has 1 aromatic heterocycles. The summed E-state index contributed by atoms with van der Waals surface area (Å²) in [6.07, 6.45) is 2.26. The van der Waals surface area contributed by atoms with Crippen LogP contribution >= 0.6 is 11.8 Å². The molecule has 0 spiro atoms. The van der Waals surface area contributed by atoms with E-state index in [4.69, 9.17) is 5.73 Å². The van der Waals surface area contributed by atoms with Gasteiger partial charge in [-0.1, -0.05) is 12.1 Å². The Balaban J connectivity index is 1.56. The van der Waals surface area contributed by atoms with Crippen LogP contribution in [0, 0.1) is 23.6 Å². The van der Waals surface area contributed by atoms with Crippen molar-refractivity contribution in [2.45, 2.75) is 30.2 Å². The highest BCUT2D eigenvalue weighted by Crippen LogP contribution is 2.54. The van der Waals surface area contributed by atoms with Crippen LogP contribution in [0.1, 0.15) is 24.5 Å². The maximum Gasteiger partial charge on any atom is 0.229 e. The number of nitrogens with zero attached hydrogens (tertiary/aromatic N) is 2. The Kier molecular flexibility index (Phi) is 4.59. The average molecular weight is 415 g/mol. The molecule has 1 aliphatic heterocycles. The van der Waals surface area contributed by atoms with Gasteiger partial charge in [0.05, 0.1) is 18.2 Å². The van der Waals surface area contributed by atoms with Gasteiger partial charge in [-0.05, 0) is 42.4 Å². The topological polar surface area (TPSA) is 113 Å². The number of carbonyl (C=O) groups is 1. The van der Waals surface area contributed by atoms with Gasteiger partial charge in [0, 0.05) is 22.7 Å². The highest BCUT2D eigenvalue weighted by atomic mass is 32.2. The van der Waals surface area contributed by atoms with E-state index in [1.54, 1.807) is 11.8 Å². The molecule has 29 heavy (non-hydrogen) atoms. The molecule has 5 rings (SSSR count). The second-order valence-corrected chi connectivity index (χ2v) is 9.29. The zero-order valence-electron chi connectivity index (χ0n) is 15.6. The van der Waals surface area contributed by atoms with Crippen molar-refractivity contribution in [3.05, 3.63) is 41.8 Å². The van der Waals surface area contributed by atoms with Crippen molar-refractivity contribution >= 4 is 35.1 Å². The van der Waals surface area contributed by atoms with Gasteiger partial charge in [-0.2, -0.15) is 16.7 Å². The molecule has 6 bridgehead atoms. The van der Waals surface area contributed by atoms with E-state index in [1.165, 1.54) is 0 Å². The van der Waals surface area contributed by atoms with Crippen LogP contribution in [0.25, 0.3) is 0 Å². The number of aromatic nitrogens is 2. The molecule has 0 saturated heterocycles. The zero-order chi connectivity index (χ0) is 20.1. The molecule has 152 valence electrons. The summed E-state index contributed by atoms with van der Waals surface area (Å²) >= 11 is 1.71. The van der Waals surface area contributed by atoms with Crippen LogP contribution in [0.15, 0.2) is 30.5 Å². The number of aliphatic hydroxyl groups is 1. The SMILES string of the molecule is NC(=O)[C@H]1[C@H]2C[C@H]3[C@H]1Nc1nc(ncc1F)Nc1cccc(c1)[C@H](O)CS[C@@H]3C2. The van der Waals surface area contributed by atoms with Crippen molar-refractivity contribution in [3.8, 4) is 0 Å². The summed E-state index contributed by atoms with van der Waals surface area (Å²) < 4.78 is 14.5. The molecular weight excluding hydrogens is 393 g/mol. The number of nitrogens with one attached hydrogen (secondary N) is 2. The number of amides is 1. The maximum atomic E-state index is 14.5. The Morgan fingerprint density at radius 2 is 2.21 bits per heavy atom. The first kappa shape index (κ1) is 18.6. The van der Waals surface area contributed by atoms with Crippen LogP contribution in [0.5, 0.6) is 0 Å². The monoisotopic (exact) mass is 415 g/mol. The number of rotatable bonds is 1. The lowest BCUT2D eigenvalue weighted by Crippen LogP contribution is -2.46. The Hall–Kier alpha value is -2.39. The first-order chi connectivity index (χ1) is 14.0. The predicted molar refractivity (Wildman–Crippen MR) is 109 cm³/mol. The standard InChI is InChI=1S/C20H22FN5O2S/c21-13-7-23-20-24-11-3-1-2-9(4-11)14(27)8-29-15-6-10-5-12(15)17(16(10)18(22)28)25-19(13)26-20/h1-4,7,10,12,14-17,27H,5-6,8H2,(H2,22,28)(H2,23,24,25,26)/t10-,12+,14+,15+,16-,17+/m0/s1. The second kappa shape index (κ2) is 7.14. The van der Waals surface area contributed by atoms with Gasteiger partial charge in [-0.15, -0.1) is 0 Å². The van der Waals surface area contributed by atoms with E-state index in [-0.39, 0.29) is 46.7 Å². The number of benzene rings is 1. The third-order valence-electron chi connectivity index (χ3n) is 6.32. The summed E-state index contributed by atoms with van der Waals surface area (Å²) in [7, 11) is 0. The predicted octanol–water partition coefficient (Wildman–Crippen LogP) is 2.43. The Labute approximate surface area is 171 Å². The fraction of sp³-hybridized carbons (Fsp3) is 0.450. The van der Waals surface area contributed by atoms with Gasteiger partial charge < -0.3 is 21.5 Å². The molecule has 2 heterocycles. The number of carbonyl (C=O) groups excluding carboxylic acids is 1. The Morgan fingerprint density at radius 1 is 1.34 bits per heavy atom. The van der Waals surface area contributed by atoms with E-state index in [0.717, 1.165) is 24.6 Å². The molecule has 0 unspecified atom stereocenters. The number of aliphatic hydroxyl groups excluding tert-OH is 1. The first-order valence-electron chi connectivity index (χ1n) is 9.74. The van der Waals surface area contributed by atoms with Gasteiger partial charge in [-0.25, -0.2) is 9.37 Å². The van der Waals surface area contributed by atoms with Crippen molar-refractivity contribution in [2.75, 3.05) is 16.4 Å². The number of halogens is 1. The second-order valence-electron chi connectivity index (χ2n) is 8.02. The molecule has 2 aliphatic carbocycles. The number of fused-ring (bicyclic) bond motifs is 5. The van der Waals surface area contributed by atoms with E-state index in [2.05, 4.69) is 20.6 Å². The van der Waals surface area contributed by atoms with Gasteiger partial charge in [-0.3, -0.25) is 4.79 Å². The smallest absolute Gasteiger partial charge is 0.229 e. The highest BCUT2D eigenvalue weighted by molar-refractivity contribution is 7.99. The van der Waals surface area contributed by atoms with Gasteiger partial charge in [0.1, 0.15) is 0 Å². The Morgan fingerprint density at radius 3 is 3.03 bits per heavy atom. The summed E-state index contributed by atoms with van der Waals surface area (Å²) in [6.45, 7) is 0. The van der Waals surface area contributed by atoms with Crippen molar-refractivity contribution in [2.24, 2.45) is 23.5 Å². The number of thioether (sulfide) groups is 1. The normalized spacial score (nSPS) is 32.8. The quantitative estimate of drug-likeness (QED) is 0.566. The lowest BCUT2D eigenvalue weighted by molar-refractivity contribution is -0.123. The first-order valence-corrected chi connectivity index (χ1v) is 10.8. The number of anilines is 3. The third kappa shape index (κ3) is 3.32. The number of hydrogen-bond donors (Lipinski definition) is 4. The molecule has 0 radical (unpaired) electrons. The molecule has 1 aromatic carbocycles. The zero-order valence-corrected chi connectivity index (χ0v) is 16.4. The average Bonchev–Trinajstić information content (AvgIpc) is 3.26. The van der Waals surface area contributed by atoms with Crippen molar-refractivity contribution in [1.29, 1.82) is 0 Å². The molecule has 2 saturated carbocycles. The van der Waals surface area contributed by atoms with Crippen molar-refractivity contribution in [3.63, 3.8) is 0 Å². The third-order valence-corrected chi connectivity index (χ3v) is 7.79. The molecule has 5 N–H and O–H groups in total. The summed E-state index contributed by atoms with van der Waals surface area (Å²) in [5.74, 6) is -0.0807. The van der Waals surface area contributed by atoms with Gasteiger partial charge >= 0.3 is 0 Å². The minimum atomic E-state index is -0.605. The van der Waals surface area contributed by atoms with Crippen LogP contribution in [0.4, 0.5) is 21.8 Å². The molecule has 7 nitrogen and oxygen atoms in total. The van der Waals surface area contributed by atoms with Crippen LogP contribution < -0.4 is 16.4 Å². The summed E-state index contributed by atoms with van der Waals surface area (Å²) in [4.78, 5) is 20.4. The van der Waals surface area contributed by atoms with Crippen molar-refractivity contribution < 1.29 is 14.3 Å². The molecule has 2 aromatic rings. The number of nitrogens with two attached hydrogens (primary N) is 1. The molecule has 1 amide bonds. The summed E-state index contributed by atoms with van der Waals surface area (Å²) in [5.41, 5.74) is 7.20. The summed E-state index contributed by atoms with van der Waals surface area (Å²) in [6, 6.07) is 7.14. The molecule has 2 fully saturated rings. The minimum absolute atomic E-state index is 0.0725. The summed E-state index contributed by atoms with van der Waals surface area (Å²) in [5, 5.41) is 17.2. The van der Waals surface area contributed by atoms with E-state index >= 15 is 0 Å². The van der Waals surface area contributed by atoms with Crippen LogP contribution in [-0.4, -0.2) is 38.0 Å². The number of primary amides is 1. The van der Waals surface area contributed by atoms with Crippen LogP contribution in [0.2, 0.25) is 0 Å². The number of hydrogen-bond acceptors (Lipinski definition) is 7. The highest BCUT2D eigenvalue weighted by Gasteiger charge is 2.55. The maximum absolute atomic E-state index is 14.5. The van der Waals surface area contributed by atoms with Crippen molar-refractivity contribution in [1.82, 2.24) is 9.97 Å². The van der Waals surface area contributed by atoms with E-state index in [0.29, 0.717) is 11.4 Å². The fourth-order valence-corrected chi connectivity index (χ4v) is 6.58. The minimum Gasteiger partial charge on any atom is -0.388 e. The molecule has 6 atom stereocenters. The fourth-order valence-electron chi connectivity index (χ4n) is 5.05. The van der Waals surface area contributed by atoms with Gasteiger partial charge in [0.2, 0.25) is 11.9 Å². The van der Waals surface area contributed by atoms with Gasteiger partial charge in [0.25, 0.3) is 0 Å². The molecular formula is C20H22FN5O2S. The molecule has 3 aliphatic rings. The lowest BCUT2D eigenvalue weighted by Gasteiger charge is -2.35.